The van der Waals surface area contributed by atoms with Gasteiger partial charge in [0.05, 0.1) is 0 Å². The molecule has 82 valence electrons. The topological polar surface area (TPSA) is 61.5 Å². The molecule has 0 atom stereocenters. The lowest BCUT2D eigenvalue weighted by Gasteiger charge is -2.26. The smallest absolute Gasteiger partial charge is 0.00929 e. The number of hydroxylamine groups is 1. The average Bonchev–Trinajstić information content (AvgIpc) is 2.15. The fourth-order valence-electron chi connectivity index (χ4n) is 1.14. The van der Waals surface area contributed by atoms with Gasteiger partial charge in [-0.2, -0.15) is 0 Å². The zero-order valence-electron chi connectivity index (χ0n) is 9.38. The number of likely N-dealkylation sites (tertiary alicyclic amines) is 1. The Hall–Kier alpha value is -0.160. The van der Waals surface area contributed by atoms with Gasteiger partial charge in [-0.05, 0) is 45.9 Å². The highest BCUT2D eigenvalue weighted by atomic mass is 16.5. The third-order valence-corrected chi connectivity index (χ3v) is 2.01. The van der Waals surface area contributed by atoms with Gasteiger partial charge >= 0.3 is 0 Å². The zero-order chi connectivity index (χ0) is 10.7. The van der Waals surface area contributed by atoms with Crippen molar-refractivity contribution in [3.63, 3.8) is 0 Å². The lowest BCUT2D eigenvalue weighted by molar-refractivity contribution is 0.194. The quantitative estimate of drug-likeness (QED) is 0.488. The summed E-state index contributed by atoms with van der Waals surface area (Å²) in [6.45, 7) is 4.95. The number of hydrogen-bond donors (Lipinski definition) is 3. The van der Waals surface area contributed by atoms with Crippen molar-refractivity contribution in [2.45, 2.75) is 19.8 Å². The molecular formula is C9H25N3O. The molecule has 0 aromatic carbocycles. The van der Waals surface area contributed by atoms with Gasteiger partial charge in [-0.1, -0.05) is 6.92 Å². The predicted octanol–water partition coefficient (Wildman–Crippen LogP) is 0.518. The van der Waals surface area contributed by atoms with Gasteiger partial charge in [-0.25, -0.2) is 5.48 Å². The first-order valence-corrected chi connectivity index (χ1v) is 4.77. The molecule has 0 aromatic heterocycles. The summed E-state index contributed by atoms with van der Waals surface area (Å²) in [5.74, 6) is 0.978. The van der Waals surface area contributed by atoms with Crippen LogP contribution >= 0.6 is 0 Å². The van der Waals surface area contributed by atoms with E-state index in [4.69, 9.17) is 5.21 Å². The van der Waals surface area contributed by atoms with Crippen LogP contribution in [-0.4, -0.2) is 44.3 Å². The molecule has 0 aliphatic carbocycles. The minimum absolute atomic E-state index is 0.978. The molecule has 0 bridgehead atoms. The van der Waals surface area contributed by atoms with E-state index >= 15 is 0 Å². The number of hydrogen-bond acceptors (Lipinski definition) is 4. The van der Waals surface area contributed by atoms with Gasteiger partial charge in [-0.3, -0.25) is 0 Å². The summed E-state index contributed by atoms with van der Waals surface area (Å²) >= 11 is 0. The maximum atomic E-state index is 7.32. The van der Waals surface area contributed by atoms with E-state index in [0.717, 1.165) is 5.92 Å². The molecule has 0 radical (unpaired) electrons. The Morgan fingerprint density at radius 2 is 1.62 bits per heavy atom. The van der Waals surface area contributed by atoms with Crippen LogP contribution in [-0.2, 0) is 0 Å². The molecule has 13 heavy (non-hydrogen) atoms. The largest absolute Gasteiger partial charge is 0.333 e. The molecule has 1 aliphatic rings. The first kappa shape index (κ1) is 15.3. The Morgan fingerprint density at radius 3 is 1.85 bits per heavy atom. The normalized spacial score (nSPS) is 18.0. The number of nitrogens with one attached hydrogen (secondary N) is 1. The van der Waals surface area contributed by atoms with E-state index in [0.29, 0.717) is 0 Å². The molecule has 4 heteroatoms. The first-order chi connectivity index (χ1) is 6.20. The van der Waals surface area contributed by atoms with Crippen molar-refractivity contribution in [1.29, 1.82) is 0 Å². The summed E-state index contributed by atoms with van der Waals surface area (Å²) in [4.78, 5) is 2.40. The second kappa shape index (κ2) is 11.8. The summed E-state index contributed by atoms with van der Waals surface area (Å²) in [6.07, 6.45) is 2.80. The van der Waals surface area contributed by atoms with Gasteiger partial charge in [0, 0.05) is 7.05 Å². The highest BCUT2D eigenvalue weighted by Gasteiger charge is 2.10. The van der Waals surface area contributed by atoms with E-state index in [2.05, 4.69) is 24.6 Å². The summed E-state index contributed by atoms with van der Waals surface area (Å²) < 4.78 is 0. The SMILES string of the molecule is CC1CCN(C)CC1.CN.CNO. The third-order valence-electron chi connectivity index (χ3n) is 2.01. The van der Waals surface area contributed by atoms with Crippen molar-refractivity contribution < 1.29 is 5.21 Å². The summed E-state index contributed by atoms with van der Waals surface area (Å²) in [5, 5.41) is 7.32. The van der Waals surface area contributed by atoms with Crippen molar-refractivity contribution in [2.75, 3.05) is 34.2 Å². The number of nitrogens with zero attached hydrogens (tertiary/aromatic N) is 1. The lowest BCUT2D eigenvalue weighted by atomic mass is 10.00. The zero-order valence-corrected chi connectivity index (χ0v) is 9.38. The fraction of sp³-hybridized carbons (Fsp3) is 1.00. The van der Waals surface area contributed by atoms with Crippen molar-refractivity contribution in [2.24, 2.45) is 11.7 Å². The first-order valence-electron chi connectivity index (χ1n) is 4.77. The molecule has 0 aromatic rings. The maximum Gasteiger partial charge on any atom is 0.00929 e. The van der Waals surface area contributed by atoms with Crippen LogP contribution in [0.5, 0.6) is 0 Å². The molecule has 0 amide bonds. The predicted molar refractivity (Wildman–Crippen MR) is 56.9 cm³/mol. The van der Waals surface area contributed by atoms with Gasteiger partial charge in [0.1, 0.15) is 0 Å². The summed E-state index contributed by atoms with van der Waals surface area (Å²) in [7, 11) is 5.13. The lowest BCUT2D eigenvalue weighted by Crippen LogP contribution is -2.28. The third kappa shape index (κ3) is 11.8. The van der Waals surface area contributed by atoms with Crippen molar-refractivity contribution in [3.05, 3.63) is 0 Å². The van der Waals surface area contributed by atoms with Crippen LogP contribution in [0.1, 0.15) is 19.8 Å². The fourth-order valence-corrected chi connectivity index (χ4v) is 1.14. The number of nitrogens with two attached hydrogens (primary N) is 1. The molecule has 4 N–H and O–H groups in total. The highest BCUT2D eigenvalue weighted by molar-refractivity contribution is 4.65. The Labute approximate surface area is 82.1 Å². The Balaban J connectivity index is 0. The van der Waals surface area contributed by atoms with Crippen LogP contribution in [0.15, 0.2) is 0 Å². The van der Waals surface area contributed by atoms with Crippen molar-refractivity contribution >= 4 is 0 Å². The number of piperidine rings is 1. The minimum Gasteiger partial charge on any atom is -0.333 e. The van der Waals surface area contributed by atoms with E-state index in [-0.39, 0.29) is 0 Å². The second-order valence-electron chi connectivity index (χ2n) is 3.21. The van der Waals surface area contributed by atoms with E-state index in [9.17, 15) is 0 Å². The summed E-state index contributed by atoms with van der Waals surface area (Å²) in [5.41, 5.74) is 6.25. The minimum atomic E-state index is 0.978. The molecule has 1 heterocycles. The molecule has 0 unspecified atom stereocenters. The molecule has 4 nitrogen and oxygen atoms in total. The Morgan fingerprint density at radius 1 is 1.31 bits per heavy atom. The maximum absolute atomic E-state index is 7.32. The molecule has 0 spiro atoms. The molecule has 1 rings (SSSR count). The second-order valence-corrected chi connectivity index (χ2v) is 3.21. The van der Waals surface area contributed by atoms with Crippen molar-refractivity contribution in [3.8, 4) is 0 Å². The Kier molecular flexibility index (Phi) is 14.0. The van der Waals surface area contributed by atoms with Crippen LogP contribution in [0.25, 0.3) is 0 Å². The number of rotatable bonds is 0. The van der Waals surface area contributed by atoms with E-state index in [1.54, 1.807) is 5.48 Å². The Bertz CT molecular complexity index is 72.9. The van der Waals surface area contributed by atoms with Gasteiger partial charge in [0.2, 0.25) is 0 Å². The van der Waals surface area contributed by atoms with Crippen LogP contribution in [0.4, 0.5) is 0 Å². The van der Waals surface area contributed by atoms with E-state index in [1.807, 2.05) is 0 Å². The monoisotopic (exact) mass is 191 g/mol. The molecular weight excluding hydrogens is 166 g/mol. The van der Waals surface area contributed by atoms with Gasteiger partial charge in [0.25, 0.3) is 0 Å². The van der Waals surface area contributed by atoms with Gasteiger partial charge in [-0.15, -0.1) is 0 Å². The van der Waals surface area contributed by atoms with E-state index < -0.39 is 0 Å². The van der Waals surface area contributed by atoms with E-state index in [1.165, 1.54) is 40.0 Å². The van der Waals surface area contributed by atoms with Gasteiger partial charge < -0.3 is 15.8 Å². The van der Waals surface area contributed by atoms with Crippen LogP contribution in [0.2, 0.25) is 0 Å². The summed E-state index contributed by atoms with van der Waals surface area (Å²) in [6, 6.07) is 0. The van der Waals surface area contributed by atoms with Crippen LogP contribution in [0, 0.1) is 5.92 Å². The standard InChI is InChI=1S/C7H15N.CH5NO.CH5N/c1-7-3-5-8(2)6-4-7;1-2-3;1-2/h7H,3-6H2,1-2H3;2-3H,1H3;2H2,1H3. The average molecular weight is 191 g/mol. The molecule has 1 fully saturated rings. The van der Waals surface area contributed by atoms with Crippen LogP contribution in [0.3, 0.4) is 0 Å². The molecule has 1 saturated heterocycles. The van der Waals surface area contributed by atoms with Gasteiger partial charge in [0.15, 0.2) is 0 Å². The van der Waals surface area contributed by atoms with Crippen LogP contribution < -0.4 is 11.2 Å². The highest BCUT2D eigenvalue weighted by Crippen LogP contribution is 2.13. The molecule has 1 aliphatic heterocycles. The van der Waals surface area contributed by atoms with Crippen molar-refractivity contribution in [1.82, 2.24) is 10.4 Å². The molecule has 0 saturated carbocycles.